The van der Waals surface area contributed by atoms with Crippen molar-refractivity contribution in [3.63, 3.8) is 0 Å². The van der Waals surface area contributed by atoms with Crippen LogP contribution in [-0.2, 0) is 20.3 Å². The maximum absolute atomic E-state index is 8.52. The highest BCUT2D eigenvalue weighted by Crippen LogP contribution is 2.33. The van der Waals surface area contributed by atoms with Gasteiger partial charge < -0.3 is 14.5 Å². The van der Waals surface area contributed by atoms with Crippen molar-refractivity contribution in [3.8, 4) is 22.3 Å². The molecule has 0 saturated heterocycles. The van der Waals surface area contributed by atoms with E-state index in [9.17, 15) is 0 Å². The average Bonchev–Trinajstić information content (AvgIpc) is 3.54. The second-order valence-corrected chi connectivity index (χ2v) is 16.0. The highest BCUT2D eigenvalue weighted by atomic mass is 16.5. The van der Waals surface area contributed by atoms with Gasteiger partial charge in [-0.3, -0.25) is 21.6 Å². The van der Waals surface area contributed by atoms with Gasteiger partial charge in [0, 0.05) is 44.1 Å². The minimum atomic E-state index is -0.0742. The number of ether oxygens (including phenoxy) is 2. The van der Waals surface area contributed by atoms with E-state index in [-0.39, 0.29) is 34.4 Å². The molecule has 0 radical (unpaired) electrons. The summed E-state index contributed by atoms with van der Waals surface area (Å²) in [7, 11) is 0. The summed E-state index contributed by atoms with van der Waals surface area (Å²) in [4.78, 5) is 3.54. The number of H-pyrrole nitrogens is 1. The molecule has 7 nitrogen and oxygen atoms in total. The quantitative estimate of drug-likeness (QED) is 0.0864. The van der Waals surface area contributed by atoms with Crippen LogP contribution in [0.3, 0.4) is 0 Å². The maximum Gasteiger partial charge on any atom is 0.221 e. The molecule has 0 amide bonds. The number of aromatic amines is 1. The SMILES string of the molecule is CC(C)(C)c1ccc(C(=N)OC(=N)c2ccc(-c3ccc4[nH]c5ccc(-c6ccc(C(=N)OC(=N)c7ccc(C(C)(C)C)cc7)cc6)cc5c4c3)cc2)cc1. The van der Waals surface area contributed by atoms with Gasteiger partial charge in [-0.1, -0.05) is 102 Å². The van der Waals surface area contributed by atoms with E-state index >= 15 is 0 Å². The molecule has 7 aromatic rings. The van der Waals surface area contributed by atoms with Crippen molar-refractivity contribution in [2.24, 2.45) is 0 Å². The van der Waals surface area contributed by atoms with Crippen molar-refractivity contribution in [1.82, 2.24) is 4.98 Å². The lowest BCUT2D eigenvalue weighted by Gasteiger charge is -2.19. The normalized spacial score (nSPS) is 11.7. The molecule has 5 N–H and O–H groups in total. The Labute approximate surface area is 322 Å². The molecule has 0 fully saturated rings. The van der Waals surface area contributed by atoms with Crippen molar-refractivity contribution in [2.75, 3.05) is 0 Å². The standard InChI is InChI=1S/C48H45N5O2/c1-47(2,3)37-21-15-33(16-22-37)45(51)54-43(49)31-11-7-29(8-12-31)35-19-25-41-39(27-35)40-28-36(20-26-42(40)53-41)30-9-13-32(14-10-30)44(50)55-46(52)34-17-23-38(24-18-34)48(4,5)6/h7-28,49-53H,1-6H3. The molecule has 0 aliphatic heterocycles. The molecule has 55 heavy (non-hydrogen) atoms. The number of nitrogens with one attached hydrogen (secondary N) is 5. The summed E-state index contributed by atoms with van der Waals surface area (Å²) in [6.07, 6.45) is 0. The van der Waals surface area contributed by atoms with Gasteiger partial charge in [-0.25, -0.2) is 0 Å². The molecule has 7 rings (SSSR count). The first-order valence-corrected chi connectivity index (χ1v) is 18.3. The van der Waals surface area contributed by atoms with Crippen LogP contribution in [0.5, 0.6) is 0 Å². The first-order valence-electron chi connectivity index (χ1n) is 18.3. The Bertz CT molecular complexity index is 2400. The van der Waals surface area contributed by atoms with Crippen molar-refractivity contribution in [1.29, 1.82) is 21.6 Å². The topological polar surface area (TPSA) is 130 Å². The fourth-order valence-corrected chi connectivity index (χ4v) is 6.57. The van der Waals surface area contributed by atoms with E-state index in [2.05, 4.69) is 82.9 Å². The highest BCUT2D eigenvalue weighted by molar-refractivity contribution is 6.10. The van der Waals surface area contributed by atoms with Gasteiger partial charge in [0.25, 0.3) is 0 Å². The molecule has 7 heteroatoms. The Hall–Kier alpha value is -6.60. The summed E-state index contributed by atoms with van der Waals surface area (Å²) >= 11 is 0. The summed E-state index contributed by atoms with van der Waals surface area (Å²) in [6.45, 7) is 12.9. The van der Waals surface area contributed by atoms with E-state index in [1.807, 2.05) is 97.1 Å². The summed E-state index contributed by atoms with van der Waals surface area (Å²) < 4.78 is 11.3. The number of fused-ring (bicyclic) bond motifs is 3. The second kappa shape index (κ2) is 14.3. The van der Waals surface area contributed by atoms with Crippen LogP contribution in [0.1, 0.15) is 74.9 Å². The van der Waals surface area contributed by atoms with Crippen LogP contribution in [0.15, 0.2) is 133 Å². The predicted octanol–water partition coefficient (Wildman–Crippen LogP) is 12.0. The Balaban J connectivity index is 1.04. The molecule has 6 aromatic carbocycles. The van der Waals surface area contributed by atoms with Crippen LogP contribution < -0.4 is 0 Å². The minimum absolute atomic E-state index is 0.0174. The third kappa shape index (κ3) is 7.87. The van der Waals surface area contributed by atoms with Crippen LogP contribution in [0.2, 0.25) is 0 Å². The van der Waals surface area contributed by atoms with Gasteiger partial charge in [-0.15, -0.1) is 0 Å². The Morgan fingerprint density at radius 1 is 0.382 bits per heavy atom. The number of hydrogen-bond donors (Lipinski definition) is 5. The molecular weight excluding hydrogens is 679 g/mol. The van der Waals surface area contributed by atoms with Crippen LogP contribution in [0.25, 0.3) is 44.1 Å². The number of hydrogen-bond acceptors (Lipinski definition) is 6. The largest absolute Gasteiger partial charge is 0.421 e. The van der Waals surface area contributed by atoms with E-state index in [0.29, 0.717) is 22.3 Å². The summed E-state index contributed by atoms with van der Waals surface area (Å²) in [5.41, 5.74) is 11.0. The van der Waals surface area contributed by atoms with Crippen molar-refractivity contribution in [3.05, 3.63) is 167 Å². The van der Waals surface area contributed by atoms with Gasteiger partial charge in [0.2, 0.25) is 23.6 Å². The molecule has 0 saturated carbocycles. The van der Waals surface area contributed by atoms with E-state index in [4.69, 9.17) is 31.1 Å². The van der Waals surface area contributed by atoms with Crippen LogP contribution >= 0.6 is 0 Å². The Morgan fingerprint density at radius 3 is 0.945 bits per heavy atom. The predicted molar refractivity (Wildman–Crippen MR) is 226 cm³/mol. The summed E-state index contributed by atoms with van der Waals surface area (Å²) in [5, 5.41) is 36.1. The molecule has 1 aromatic heterocycles. The minimum Gasteiger partial charge on any atom is -0.421 e. The first kappa shape index (κ1) is 36.7. The van der Waals surface area contributed by atoms with Gasteiger partial charge in [-0.05, 0) is 117 Å². The monoisotopic (exact) mass is 723 g/mol. The van der Waals surface area contributed by atoms with Gasteiger partial charge in [0.15, 0.2) is 0 Å². The zero-order valence-electron chi connectivity index (χ0n) is 32.0. The van der Waals surface area contributed by atoms with Crippen molar-refractivity contribution >= 4 is 45.4 Å². The van der Waals surface area contributed by atoms with E-state index in [1.54, 1.807) is 0 Å². The van der Waals surface area contributed by atoms with Crippen LogP contribution in [0, 0.1) is 21.6 Å². The molecule has 274 valence electrons. The number of aromatic nitrogens is 1. The molecular formula is C48H45N5O2. The first-order chi connectivity index (χ1) is 26.1. The zero-order valence-corrected chi connectivity index (χ0v) is 32.0. The maximum atomic E-state index is 8.52. The van der Waals surface area contributed by atoms with Crippen LogP contribution in [0.4, 0.5) is 0 Å². The van der Waals surface area contributed by atoms with E-state index < -0.39 is 0 Å². The van der Waals surface area contributed by atoms with Crippen molar-refractivity contribution < 1.29 is 9.47 Å². The average molecular weight is 724 g/mol. The fourth-order valence-electron chi connectivity index (χ4n) is 6.57. The summed E-state index contributed by atoms with van der Waals surface area (Å²) in [5.74, 6) is -0.263. The third-order valence-corrected chi connectivity index (χ3v) is 9.99. The fraction of sp³-hybridized carbons (Fsp3) is 0.167. The molecule has 0 aliphatic rings. The lowest BCUT2D eigenvalue weighted by molar-refractivity contribution is 0.537. The van der Waals surface area contributed by atoms with E-state index in [0.717, 1.165) is 44.1 Å². The molecule has 0 atom stereocenters. The number of benzene rings is 6. The van der Waals surface area contributed by atoms with Gasteiger partial charge >= 0.3 is 0 Å². The van der Waals surface area contributed by atoms with Gasteiger partial charge in [0.05, 0.1) is 0 Å². The lowest BCUT2D eigenvalue weighted by atomic mass is 9.87. The molecule has 0 spiro atoms. The van der Waals surface area contributed by atoms with Crippen molar-refractivity contribution in [2.45, 2.75) is 52.4 Å². The zero-order chi connectivity index (χ0) is 39.1. The molecule has 0 aliphatic carbocycles. The molecule has 0 unspecified atom stereocenters. The third-order valence-electron chi connectivity index (χ3n) is 9.99. The van der Waals surface area contributed by atoms with Crippen LogP contribution in [-0.4, -0.2) is 28.6 Å². The Morgan fingerprint density at radius 2 is 0.655 bits per heavy atom. The summed E-state index contributed by atoms with van der Waals surface area (Å²) in [6, 6.07) is 43.5. The van der Waals surface area contributed by atoms with Gasteiger partial charge in [0.1, 0.15) is 0 Å². The lowest BCUT2D eigenvalue weighted by Crippen LogP contribution is -2.14. The van der Waals surface area contributed by atoms with Gasteiger partial charge in [-0.2, -0.15) is 0 Å². The highest BCUT2D eigenvalue weighted by Gasteiger charge is 2.17. The molecule has 1 heterocycles. The van der Waals surface area contributed by atoms with E-state index in [1.165, 1.54) is 11.1 Å². The smallest absolute Gasteiger partial charge is 0.221 e. The Kier molecular flexibility index (Phi) is 9.57. The molecule has 0 bridgehead atoms. The number of rotatable bonds is 6. The second-order valence-electron chi connectivity index (χ2n) is 16.0.